The van der Waals surface area contributed by atoms with Crippen LogP contribution >= 0.6 is 0 Å². The van der Waals surface area contributed by atoms with Crippen molar-refractivity contribution in [1.29, 1.82) is 5.26 Å². The normalized spacial score (nSPS) is 10.8. The van der Waals surface area contributed by atoms with E-state index in [4.69, 9.17) is 5.26 Å². The average Bonchev–Trinajstić information content (AvgIpc) is 2.22. The number of aromatic hydroxyl groups is 1. The molecule has 10 heteroatoms. The van der Waals surface area contributed by atoms with Crippen LogP contribution in [0.5, 0.6) is 11.6 Å². The molecule has 0 aliphatic heterocycles. The van der Waals surface area contributed by atoms with Gasteiger partial charge >= 0.3 is 6.36 Å². The van der Waals surface area contributed by atoms with Crippen LogP contribution in [0, 0.1) is 21.4 Å². The summed E-state index contributed by atoms with van der Waals surface area (Å²) >= 11 is 0. The molecule has 0 aliphatic rings. The van der Waals surface area contributed by atoms with E-state index in [1.54, 1.807) is 0 Å². The Labute approximate surface area is 97.2 Å². The van der Waals surface area contributed by atoms with Crippen molar-refractivity contribution in [3.8, 4) is 17.7 Å². The summed E-state index contributed by atoms with van der Waals surface area (Å²) in [6, 6.07) is 1.48. The van der Waals surface area contributed by atoms with E-state index < -0.39 is 40.6 Å². The summed E-state index contributed by atoms with van der Waals surface area (Å²) in [5, 5.41) is 28.3. The fraction of sp³-hybridized carbons (Fsp3) is 0.250. The van der Waals surface area contributed by atoms with Gasteiger partial charge in [0.15, 0.2) is 5.75 Å². The lowest BCUT2D eigenvalue weighted by molar-refractivity contribution is -0.386. The van der Waals surface area contributed by atoms with Gasteiger partial charge in [0.2, 0.25) is 0 Å². The van der Waals surface area contributed by atoms with Crippen molar-refractivity contribution in [2.75, 3.05) is 0 Å². The maximum atomic E-state index is 11.9. The van der Waals surface area contributed by atoms with Gasteiger partial charge < -0.3 is 9.84 Å². The summed E-state index contributed by atoms with van der Waals surface area (Å²) < 4.78 is 39.1. The Bertz CT molecular complexity index is 524. The predicted octanol–water partition coefficient (Wildman–Crippen LogP) is 1.66. The molecule has 0 atom stereocenters. The molecular weight excluding hydrogens is 259 g/mol. The van der Waals surface area contributed by atoms with E-state index in [0.717, 1.165) is 0 Å². The third-order valence-electron chi connectivity index (χ3n) is 1.77. The molecule has 0 aliphatic carbocycles. The van der Waals surface area contributed by atoms with Crippen molar-refractivity contribution < 1.29 is 27.9 Å². The van der Waals surface area contributed by atoms with Crippen LogP contribution in [0.25, 0.3) is 0 Å². The number of nitrogens with zero attached hydrogens (tertiary/aromatic N) is 3. The summed E-state index contributed by atoms with van der Waals surface area (Å²) in [5.74, 6) is -2.42. The zero-order valence-electron chi connectivity index (χ0n) is 8.43. The standard InChI is InChI=1S/C8H4F3N3O4/c9-8(10,11)18-7-6(15)4(1-2-12)5(3-13-7)14(16)17/h3,15H,1H2. The highest BCUT2D eigenvalue weighted by Crippen LogP contribution is 2.36. The molecule has 1 N–H and O–H groups in total. The Hall–Kier alpha value is -2.57. The smallest absolute Gasteiger partial charge is 0.503 e. The molecule has 0 saturated carbocycles. The molecule has 0 amide bonds. The van der Waals surface area contributed by atoms with Crippen LogP contribution in [-0.2, 0) is 6.42 Å². The number of pyridine rings is 1. The second-order valence-electron chi connectivity index (χ2n) is 2.92. The van der Waals surface area contributed by atoms with E-state index in [1.165, 1.54) is 6.07 Å². The molecule has 0 saturated heterocycles. The van der Waals surface area contributed by atoms with Crippen LogP contribution in [-0.4, -0.2) is 21.4 Å². The highest BCUT2D eigenvalue weighted by atomic mass is 19.4. The Balaban J connectivity index is 3.31. The quantitative estimate of drug-likeness (QED) is 0.656. The van der Waals surface area contributed by atoms with Crippen LogP contribution in [0.4, 0.5) is 18.9 Å². The monoisotopic (exact) mass is 263 g/mol. The van der Waals surface area contributed by atoms with E-state index in [0.29, 0.717) is 6.20 Å². The minimum atomic E-state index is -5.11. The number of halogens is 3. The fourth-order valence-corrected chi connectivity index (χ4v) is 1.10. The molecule has 0 aromatic carbocycles. The third kappa shape index (κ3) is 2.97. The Kier molecular flexibility index (Phi) is 3.55. The van der Waals surface area contributed by atoms with Crippen molar-refractivity contribution >= 4 is 5.69 Å². The number of ether oxygens (including phenoxy) is 1. The number of rotatable bonds is 3. The number of nitro groups is 1. The molecule has 1 heterocycles. The van der Waals surface area contributed by atoms with Crippen molar-refractivity contribution in [2.24, 2.45) is 0 Å². The highest BCUT2D eigenvalue weighted by Gasteiger charge is 2.35. The number of alkyl halides is 3. The van der Waals surface area contributed by atoms with E-state index >= 15 is 0 Å². The average molecular weight is 263 g/mol. The Morgan fingerprint density at radius 1 is 1.61 bits per heavy atom. The molecule has 96 valence electrons. The molecular formula is C8H4F3N3O4. The van der Waals surface area contributed by atoms with Crippen molar-refractivity contribution in [3.05, 3.63) is 21.9 Å². The fourth-order valence-electron chi connectivity index (χ4n) is 1.10. The largest absolute Gasteiger partial charge is 0.574 e. The molecule has 1 aromatic rings. The van der Waals surface area contributed by atoms with Gasteiger partial charge in [-0.15, -0.1) is 13.2 Å². The highest BCUT2D eigenvalue weighted by molar-refractivity contribution is 5.53. The minimum Gasteiger partial charge on any atom is -0.503 e. The Morgan fingerprint density at radius 2 is 2.22 bits per heavy atom. The summed E-state index contributed by atoms with van der Waals surface area (Å²) in [6.07, 6.45) is -5.28. The molecule has 0 spiro atoms. The Morgan fingerprint density at radius 3 is 2.67 bits per heavy atom. The van der Waals surface area contributed by atoms with Gasteiger partial charge in [0.1, 0.15) is 6.20 Å². The van der Waals surface area contributed by atoms with Gasteiger partial charge in [-0.25, -0.2) is 4.98 Å². The van der Waals surface area contributed by atoms with E-state index in [-0.39, 0.29) is 0 Å². The van der Waals surface area contributed by atoms with Crippen molar-refractivity contribution in [1.82, 2.24) is 4.98 Å². The summed E-state index contributed by atoms with van der Waals surface area (Å²) in [7, 11) is 0. The lowest BCUT2D eigenvalue weighted by Crippen LogP contribution is -2.18. The number of aromatic nitrogens is 1. The summed E-state index contributed by atoms with van der Waals surface area (Å²) in [5.41, 5.74) is -1.35. The molecule has 18 heavy (non-hydrogen) atoms. The van der Waals surface area contributed by atoms with Crippen LogP contribution < -0.4 is 4.74 Å². The van der Waals surface area contributed by atoms with E-state index in [2.05, 4.69) is 9.72 Å². The SMILES string of the molecule is N#CCc1c([N+](=O)[O-])cnc(OC(F)(F)F)c1O. The van der Waals surface area contributed by atoms with Crippen LogP contribution in [0.2, 0.25) is 0 Å². The van der Waals surface area contributed by atoms with Gasteiger partial charge in [-0.2, -0.15) is 5.26 Å². The zero-order chi connectivity index (χ0) is 13.9. The lowest BCUT2D eigenvalue weighted by Gasteiger charge is -2.10. The topological polar surface area (TPSA) is 109 Å². The second kappa shape index (κ2) is 4.74. The molecule has 0 bridgehead atoms. The molecule has 0 unspecified atom stereocenters. The van der Waals surface area contributed by atoms with Gasteiger partial charge in [-0.1, -0.05) is 0 Å². The zero-order valence-corrected chi connectivity index (χ0v) is 8.43. The van der Waals surface area contributed by atoms with Crippen molar-refractivity contribution in [3.63, 3.8) is 0 Å². The molecule has 1 rings (SSSR count). The van der Waals surface area contributed by atoms with E-state index in [1.807, 2.05) is 0 Å². The van der Waals surface area contributed by atoms with E-state index in [9.17, 15) is 28.4 Å². The van der Waals surface area contributed by atoms with Gasteiger partial charge in [0, 0.05) is 0 Å². The van der Waals surface area contributed by atoms with Crippen molar-refractivity contribution in [2.45, 2.75) is 12.8 Å². The first-order valence-corrected chi connectivity index (χ1v) is 4.24. The van der Waals surface area contributed by atoms with Crippen LogP contribution in [0.15, 0.2) is 6.20 Å². The van der Waals surface area contributed by atoms with Crippen LogP contribution in [0.3, 0.4) is 0 Å². The number of nitriles is 1. The van der Waals surface area contributed by atoms with Crippen LogP contribution in [0.1, 0.15) is 5.56 Å². The van der Waals surface area contributed by atoms with Gasteiger partial charge in [0.05, 0.1) is 23.0 Å². The van der Waals surface area contributed by atoms with Gasteiger partial charge in [-0.3, -0.25) is 10.1 Å². The second-order valence-corrected chi connectivity index (χ2v) is 2.92. The van der Waals surface area contributed by atoms with Gasteiger partial charge in [-0.05, 0) is 0 Å². The first-order chi connectivity index (χ1) is 8.26. The molecule has 0 radical (unpaired) electrons. The lowest BCUT2D eigenvalue weighted by atomic mass is 10.1. The van der Waals surface area contributed by atoms with Gasteiger partial charge in [0.25, 0.3) is 11.6 Å². The first kappa shape index (κ1) is 13.5. The minimum absolute atomic E-state index is 0.480. The summed E-state index contributed by atoms with van der Waals surface area (Å²) in [4.78, 5) is 12.5. The summed E-state index contributed by atoms with van der Waals surface area (Å²) in [6.45, 7) is 0. The predicted molar refractivity (Wildman–Crippen MR) is 48.6 cm³/mol. The first-order valence-electron chi connectivity index (χ1n) is 4.24. The molecule has 7 nitrogen and oxygen atoms in total. The molecule has 1 aromatic heterocycles. The third-order valence-corrected chi connectivity index (χ3v) is 1.77. The molecule has 0 fully saturated rings. The number of hydrogen-bond donors (Lipinski definition) is 1. The number of hydrogen-bond acceptors (Lipinski definition) is 6. The maximum Gasteiger partial charge on any atom is 0.574 e. The maximum absolute atomic E-state index is 11.9.